The van der Waals surface area contributed by atoms with E-state index < -0.39 is 0 Å². The maximum Gasteiger partial charge on any atom is 0.282 e. The molecule has 1 aliphatic carbocycles. The fourth-order valence-corrected chi connectivity index (χ4v) is 3.38. The van der Waals surface area contributed by atoms with Crippen LogP contribution in [0, 0.1) is 0 Å². The molecule has 0 radical (unpaired) electrons. The molecule has 21 heavy (non-hydrogen) atoms. The smallest absolute Gasteiger partial charge is 0.282 e. The lowest BCUT2D eigenvalue weighted by Gasteiger charge is -2.31. The minimum atomic E-state index is -0.171. The lowest BCUT2D eigenvalue weighted by Crippen LogP contribution is -2.35. The number of ether oxygens (including phenoxy) is 1. The van der Waals surface area contributed by atoms with Gasteiger partial charge in [0, 0.05) is 24.4 Å². The third kappa shape index (κ3) is 2.07. The molecule has 1 atom stereocenters. The minimum Gasteiger partial charge on any atom is -0.463 e. The Balaban J connectivity index is 1.80. The van der Waals surface area contributed by atoms with Crippen molar-refractivity contribution in [2.45, 2.75) is 24.8 Å². The number of aryl methyl sites for hydroxylation is 1. The van der Waals surface area contributed by atoms with Crippen molar-refractivity contribution in [3.63, 3.8) is 0 Å². The summed E-state index contributed by atoms with van der Waals surface area (Å²) in [5.74, 6) is 0. The molecule has 2 aliphatic rings. The van der Waals surface area contributed by atoms with Crippen LogP contribution in [0.2, 0.25) is 0 Å². The van der Waals surface area contributed by atoms with Gasteiger partial charge >= 0.3 is 0 Å². The molecule has 4 heteroatoms. The first kappa shape index (κ1) is 12.4. The normalized spacial score (nSPS) is 23.5. The Kier molecular flexibility index (Phi) is 2.70. The average molecular weight is 279 g/mol. The van der Waals surface area contributed by atoms with Gasteiger partial charge in [0.2, 0.25) is 0 Å². The summed E-state index contributed by atoms with van der Waals surface area (Å²) in [6.45, 7) is 0.597. The summed E-state index contributed by atoms with van der Waals surface area (Å²) in [6.07, 6.45) is 6.62. The zero-order valence-electron chi connectivity index (χ0n) is 11.7. The van der Waals surface area contributed by atoms with E-state index in [1.54, 1.807) is 6.20 Å². The van der Waals surface area contributed by atoms with E-state index in [4.69, 9.17) is 10.5 Å². The van der Waals surface area contributed by atoms with Crippen molar-refractivity contribution in [2.24, 2.45) is 10.7 Å². The number of fused-ring (bicyclic) bond motifs is 1. The summed E-state index contributed by atoms with van der Waals surface area (Å²) in [4.78, 5) is 8.81. The first-order chi connectivity index (χ1) is 10.3. The Morgan fingerprint density at radius 1 is 1.19 bits per heavy atom. The molecule has 0 bridgehead atoms. The van der Waals surface area contributed by atoms with Gasteiger partial charge in [-0.3, -0.25) is 4.98 Å². The maximum atomic E-state index is 5.73. The van der Waals surface area contributed by atoms with Crippen LogP contribution in [0.4, 0.5) is 0 Å². The third-order valence-corrected chi connectivity index (χ3v) is 4.45. The topological polar surface area (TPSA) is 60.5 Å². The second-order valence-corrected chi connectivity index (χ2v) is 5.82. The molecule has 0 saturated carbocycles. The Morgan fingerprint density at radius 2 is 2.14 bits per heavy atom. The van der Waals surface area contributed by atoms with Crippen LogP contribution in [0.25, 0.3) is 11.1 Å². The highest BCUT2D eigenvalue weighted by molar-refractivity contribution is 5.74. The molecule has 0 unspecified atom stereocenters. The van der Waals surface area contributed by atoms with Gasteiger partial charge in [-0.15, -0.1) is 0 Å². The molecule has 2 N–H and O–H groups in total. The van der Waals surface area contributed by atoms with Gasteiger partial charge in [0.15, 0.2) is 0 Å². The third-order valence-electron chi connectivity index (χ3n) is 4.45. The largest absolute Gasteiger partial charge is 0.463 e. The number of nitrogens with two attached hydrogens (primary N) is 1. The van der Waals surface area contributed by atoms with Crippen LogP contribution < -0.4 is 5.73 Å². The molecule has 0 amide bonds. The standard InChI is InChI=1S/C17H17N3O/c18-16-20-17(11-21-16)7-6-12-3-1-5-14(15(12)9-17)13-4-2-8-19-10-13/h1-5,8,10H,6-7,9,11H2,(H2,18,20)/t17-/m0/s1. The van der Waals surface area contributed by atoms with Crippen LogP contribution >= 0.6 is 0 Å². The molecular weight excluding hydrogens is 262 g/mol. The van der Waals surface area contributed by atoms with Crippen molar-refractivity contribution in [3.05, 3.63) is 53.9 Å². The van der Waals surface area contributed by atoms with Crippen LogP contribution in [0.3, 0.4) is 0 Å². The molecule has 4 rings (SSSR count). The summed E-state index contributed by atoms with van der Waals surface area (Å²) in [7, 11) is 0. The van der Waals surface area contributed by atoms with Crippen molar-refractivity contribution < 1.29 is 4.74 Å². The van der Waals surface area contributed by atoms with Gasteiger partial charge in [0.25, 0.3) is 6.02 Å². The van der Waals surface area contributed by atoms with Gasteiger partial charge in [-0.05, 0) is 35.6 Å². The molecule has 0 saturated heterocycles. The summed E-state index contributed by atoms with van der Waals surface area (Å²) >= 11 is 0. The van der Waals surface area contributed by atoms with Crippen LogP contribution in [-0.4, -0.2) is 23.2 Å². The van der Waals surface area contributed by atoms with Gasteiger partial charge in [-0.1, -0.05) is 24.3 Å². The maximum absolute atomic E-state index is 5.73. The van der Waals surface area contributed by atoms with E-state index in [0.717, 1.165) is 24.8 Å². The van der Waals surface area contributed by atoms with Crippen LogP contribution in [-0.2, 0) is 17.6 Å². The predicted molar refractivity (Wildman–Crippen MR) is 82.0 cm³/mol. The summed E-state index contributed by atoms with van der Waals surface area (Å²) in [6, 6.07) is 10.9. The predicted octanol–water partition coefficient (Wildman–Crippen LogP) is 2.32. The van der Waals surface area contributed by atoms with Gasteiger partial charge in [-0.2, -0.15) is 0 Å². The molecule has 1 spiro atoms. The van der Waals surface area contributed by atoms with Gasteiger partial charge in [0.1, 0.15) is 12.1 Å². The Hall–Kier alpha value is -2.36. The summed E-state index contributed by atoms with van der Waals surface area (Å²) in [5.41, 5.74) is 10.7. The second kappa shape index (κ2) is 4.58. The van der Waals surface area contributed by atoms with Crippen LogP contribution in [0.5, 0.6) is 0 Å². The van der Waals surface area contributed by atoms with E-state index in [1.165, 1.54) is 16.7 Å². The number of amidine groups is 1. The minimum absolute atomic E-state index is 0.171. The molecule has 2 heterocycles. The zero-order chi connectivity index (χ0) is 14.3. The highest BCUT2D eigenvalue weighted by Gasteiger charge is 2.40. The van der Waals surface area contributed by atoms with Gasteiger partial charge in [0.05, 0.1) is 0 Å². The van der Waals surface area contributed by atoms with Crippen LogP contribution in [0.1, 0.15) is 17.5 Å². The summed E-state index contributed by atoms with van der Waals surface area (Å²) in [5, 5.41) is 0. The number of nitrogens with zero attached hydrogens (tertiary/aromatic N) is 2. The van der Waals surface area contributed by atoms with E-state index in [0.29, 0.717) is 12.6 Å². The van der Waals surface area contributed by atoms with Gasteiger partial charge in [-0.25, -0.2) is 4.99 Å². The number of pyridine rings is 1. The molecule has 2 aromatic rings. The zero-order valence-corrected chi connectivity index (χ0v) is 11.7. The van der Waals surface area contributed by atoms with Crippen molar-refractivity contribution in [1.82, 2.24) is 4.98 Å². The molecule has 1 aromatic heterocycles. The van der Waals surface area contributed by atoms with E-state index in [9.17, 15) is 0 Å². The fraction of sp³-hybridized carbons (Fsp3) is 0.294. The Labute approximate surface area is 123 Å². The Bertz CT molecular complexity index is 711. The number of hydrogen-bond donors (Lipinski definition) is 1. The molecule has 1 aromatic carbocycles. The molecule has 1 aliphatic heterocycles. The molecule has 4 nitrogen and oxygen atoms in total. The molecular formula is C17H17N3O. The van der Waals surface area contributed by atoms with E-state index in [-0.39, 0.29) is 5.54 Å². The second-order valence-electron chi connectivity index (χ2n) is 5.82. The number of rotatable bonds is 1. The lowest BCUT2D eigenvalue weighted by atomic mass is 9.76. The monoisotopic (exact) mass is 279 g/mol. The van der Waals surface area contributed by atoms with E-state index in [2.05, 4.69) is 34.2 Å². The van der Waals surface area contributed by atoms with E-state index in [1.807, 2.05) is 12.3 Å². The lowest BCUT2D eigenvalue weighted by molar-refractivity contribution is 0.235. The SMILES string of the molecule is NC1=N[C@]2(CCc3cccc(-c4cccnc4)c3C2)CO1. The number of hydrogen-bond acceptors (Lipinski definition) is 4. The van der Waals surface area contributed by atoms with Gasteiger partial charge < -0.3 is 10.5 Å². The Morgan fingerprint density at radius 3 is 2.90 bits per heavy atom. The fourth-order valence-electron chi connectivity index (χ4n) is 3.38. The number of benzene rings is 1. The highest BCUT2D eigenvalue weighted by atomic mass is 16.5. The van der Waals surface area contributed by atoms with Crippen molar-refractivity contribution in [2.75, 3.05) is 6.61 Å². The summed E-state index contributed by atoms with van der Waals surface area (Å²) < 4.78 is 5.42. The number of aromatic nitrogens is 1. The molecule has 0 fully saturated rings. The molecule has 106 valence electrons. The highest BCUT2D eigenvalue weighted by Crippen LogP contribution is 2.38. The average Bonchev–Trinajstić information content (AvgIpc) is 2.88. The van der Waals surface area contributed by atoms with Crippen molar-refractivity contribution in [1.29, 1.82) is 0 Å². The number of aliphatic imine (C=N–C) groups is 1. The first-order valence-corrected chi connectivity index (χ1v) is 7.25. The first-order valence-electron chi connectivity index (χ1n) is 7.25. The quantitative estimate of drug-likeness (QED) is 0.871. The van der Waals surface area contributed by atoms with E-state index >= 15 is 0 Å². The van der Waals surface area contributed by atoms with Crippen molar-refractivity contribution in [3.8, 4) is 11.1 Å². The van der Waals surface area contributed by atoms with Crippen molar-refractivity contribution >= 4 is 6.02 Å². The van der Waals surface area contributed by atoms with Crippen LogP contribution in [0.15, 0.2) is 47.7 Å².